The second kappa shape index (κ2) is 3.48. The van der Waals surface area contributed by atoms with E-state index in [2.05, 4.69) is 20.9 Å². The number of nitro groups is 1. The molecule has 0 radical (unpaired) electrons. The van der Waals surface area contributed by atoms with Crippen molar-refractivity contribution in [1.82, 2.24) is 4.98 Å². The summed E-state index contributed by atoms with van der Waals surface area (Å²) in [6.45, 7) is 0. The summed E-state index contributed by atoms with van der Waals surface area (Å²) >= 11 is 3.13. The molecule has 1 aromatic heterocycles. The molecule has 0 aliphatic heterocycles. The SMILES string of the molecule is COc1nc([N+](=O)[O-])ccc1Br. The van der Waals surface area contributed by atoms with Crippen molar-refractivity contribution in [2.75, 3.05) is 7.11 Å². The molecule has 0 aliphatic carbocycles. The fraction of sp³-hybridized carbons (Fsp3) is 0.167. The number of methoxy groups -OCH3 is 1. The normalized spacial score (nSPS) is 9.50. The van der Waals surface area contributed by atoms with Crippen molar-refractivity contribution in [3.63, 3.8) is 0 Å². The van der Waals surface area contributed by atoms with E-state index in [0.717, 1.165) is 0 Å². The predicted molar refractivity (Wildman–Crippen MR) is 45.1 cm³/mol. The Labute approximate surface area is 76.7 Å². The van der Waals surface area contributed by atoms with Crippen LogP contribution in [-0.2, 0) is 0 Å². The second-order valence-corrected chi connectivity index (χ2v) is 2.77. The first-order valence-electron chi connectivity index (χ1n) is 3.00. The van der Waals surface area contributed by atoms with Crippen LogP contribution in [0.2, 0.25) is 0 Å². The van der Waals surface area contributed by atoms with Gasteiger partial charge in [0, 0.05) is 11.1 Å². The van der Waals surface area contributed by atoms with Crippen molar-refractivity contribution < 1.29 is 9.66 Å². The molecule has 1 heterocycles. The van der Waals surface area contributed by atoms with Gasteiger partial charge in [-0.05, 0) is 26.9 Å². The maximum atomic E-state index is 10.3. The van der Waals surface area contributed by atoms with Crippen LogP contribution in [0, 0.1) is 10.1 Å². The number of halogens is 1. The quantitative estimate of drug-likeness (QED) is 0.576. The summed E-state index contributed by atoms with van der Waals surface area (Å²) in [5.74, 6) is -0.0146. The first-order valence-corrected chi connectivity index (χ1v) is 3.79. The third kappa shape index (κ3) is 1.70. The molecule has 5 nitrogen and oxygen atoms in total. The van der Waals surface area contributed by atoms with Crippen molar-refractivity contribution in [2.24, 2.45) is 0 Å². The summed E-state index contributed by atoms with van der Waals surface area (Å²) in [6.07, 6.45) is 0. The molecule has 0 amide bonds. The van der Waals surface area contributed by atoms with Crippen molar-refractivity contribution in [3.05, 3.63) is 26.7 Å². The molecule has 0 aromatic carbocycles. The Hall–Kier alpha value is -1.17. The highest BCUT2D eigenvalue weighted by Gasteiger charge is 2.13. The van der Waals surface area contributed by atoms with Crippen LogP contribution in [0.25, 0.3) is 0 Å². The first kappa shape index (κ1) is 8.92. The molecule has 12 heavy (non-hydrogen) atoms. The van der Waals surface area contributed by atoms with Gasteiger partial charge in [0.05, 0.1) is 7.11 Å². The van der Waals surface area contributed by atoms with Crippen molar-refractivity contribution in [3.8, 4) is 5.88 Å². The molecule has 0 saturated heterocycles. The van der Waals surface area contributed by atoms with Gasteiger partial charge in [-0.25, -0.2) is 0 Å². The summed E-state index contributed by atoms with van der Waals surface area (Å²) in [5, 5.41) is 10.3. The average molecular weight is 233 g/mol. The standard InChI is InChI=1S/C6H5BrN2O3/c1-12-6-4(7)2-3-5(8-6)9(10)11/h2-3H,1H3. The number of pyridine rings is 1. The zero-order chi connectivity index (χ0) is 9.14. The predicted octanol–water partition coefficient (Wildman–Crippen LogP) is 1.76. The Morgan fingerprint density at radius 1 is 1.67 bits per heavy atom. The van der Waals surface area contributed by atoms with Gasteiger partial charge in [0.15, 0.2) is 0 Å². The lowest BCUT2D eigenvalue weighted by Gasteiger charge is -1.96. The number of nitrogens with zero attached hydrogens (tertiary/aromatic N) is 2. The highest BCUT2D eigenvalue weighted by molar-refractivity contribution is 9.10. The number of hydrogen-bond donors (Lipinski definition) is 0. The van der Waals surface area contributed by atoms with Gasteiger partial charge >= 0.3 is 11.7 Å². The smallest absolute Gasteiger partial charge is 0.367 e. The fourth-order valence-corrected chi connectivity index (χ4v) is 1.04. The van der Waals surface area contributed by atoms with Gasteiger partial charge in [0.25, 0.3) is 0 Å². The first-order chi connectivity index (χ1) is 5.65. The van der Waals surface area contributed by atoms with Crippen LogP contribution >= 0.6 is 15.9 Å². The van der Waals surface area contributed by atoms with Crippen LogP contribution < -0.4 is 4.74 Å². The van der Waals surface area contributed by atoms with E-state index in [0.29, 0.717) is 4.47 Å². The second-order valence-electron chi connectivity index (χ2n) is 1.92. The zero-order valence-corrected chi connectivity index (χ0v) is 7.74. The molecule has 0 atom stereocenters. The number of aromatic nitrogens is 1. The van der Waals surface area contributed by atoms with Gasteiger partial charge in [-0.2, -0.15) is 0 Å². The summed E-state index contributed by atoms with van der Waals surface area (Å²) in [6, 6.07) is 2.82. The van der Waals surface area contributed by atoms with Crippen LogP contribution in [-0.4, -0.2) is 17.0 Å². The molecule has 0 saturated carbocycles. The van der Waals surface area contributed by atoms with Crippen LogP contribution in [0.1, 0.15) is 0 Å². The molecular formula is C6H5BrN2O3. The maximum absolute atomic E-state index is 10.3. The van der Waals surface area contributed by atoms with Gasteiger partial charge in [0.1, 0.15) is 4.47 Å². The Kier molecular flexibility index (Phi) is 2.59. The molecule has 1 rings (SSSR count). The molecule has 0 unspecified atom stereocenters. The largest absolute Gasteiger partial charge is 0.462 e. The third-order valence-electron chi connectivity index (χ3n) is 1.18. The van der Waals surface area contributed by atoms with E-state index >= 15 is 0 Å². The Bertz CT molecular complexity index is 316. The average Bonchev–Trinajstić information content (AvgIpc) is 2.05. The highest BCUT2D eigenvalue weighted by Crippen LogP contribution is 2.24. The molecule has 0 bridgehead atoms. The van der Waals surface area contributed by atoms with Crippen molar-refractivity contribution in [1.29, 1.82) is 0 Å². The molecule has 0 spiro atoms. The zero-order valence-electron chi connectivity index (χ0n) is 6.15. The van der Waals surface area contributed by atoms with Crippen LogP contribution in [0.4, 0.5) is 5.82 Å². The van der Waals surface area contributed by atoms with Gasteiger partial charge in [-0.1, -0.05) is 0 Å². The van der Waals surface area contributed by atoms with Crippen molar-refractivity contribution in [2.45, 2.75) is 0 Å². The monoisotopic (exact) mass is 232 g/mol. The lowest BCUT2D eigenvalue weighted by molar-refractivity contribution is -0.389. The van der Waals surface area contributed by atoms with Gasteiger partial charge in [-0.15, -0.1) is 0 Å². The van der Waals surface area contributed by atoms with Gasteiger partial charge in [-0.3, -0.25) is 0 Å². The van der Waals surface area contributed by atoms with E-state index in [1.165, 1.54) is 19.2 Å². The minimum Gasteiger partial charge on any atom is -0.462 e. The summed E-state index contributed by atoms with van der Waals surface area (Å²) in [4.78, 5) is 13.3. The Balaban J connectivity index is 3.13. The highest BCUT2D eigenvalue weighted by atomic mass is 79.9. The maximum Gasteiger partial charge on any atom is 0.367 e. The van der Waals surface area contributed by atoms with E-state index in [1.807, 2.05) is 0 Å². The number of ether oxygens (including phenoxy) is 1. The van der Waals surface area contributed by atoms with Crippen molar-refractivity contribution >= 4 is 21.7 Å². The molecule has 0 fully saturated rings. The van der Waals surface area contributed by atoms with E-state index < -0.39 is 4.92 Å². The fourth-order valence-electron chi connectivity index (χ4n) is 0.659. The molecule has 64 valence electrons. The molecule has 0 aliphatic rings. The lowest BCUT2D eigenvalue weighted by atomic mass is 10.4. The Morgan fingerprint density at radius 3 is 2.83 bits per heavy atom. The number of rotatable bonds is 2. The van der Waals surface area contributed by atoms with E-state index in [9.17, 15) is 10.1 Å². The summed E-state index contributed by atoms with van der Waals surface area (Å²) < 4.78 is 5.37. The third-order valence-corrected chi connectivity index (χ3v) is 1.78. The van der Waals surface area contributed by atoms with Crippen LogP contribution in [0.5, 0.6) is 5.88 Å². The number of hydrogen-bond acceptors (Lipinski definition) is 4. The lowest BCUT2D eigenvalue weighted by Crippen LogP contribution is -1.95. The van der Waals surface area contributed by atoms with E-state index in [-0.39, 0.29) is 11.7 Å². The minimum atomic E-state index is -0.574. The van der Waals surface area contributed by atoms with Gasteiger partial charge in [0.2, 0.25) is 0 Å². The van der Waals surface area contributed by atoms with E-state index in [1.54, 1.807) is 0 Å². The topological polar surface area (TPSA) is 65.3 Å². The van der Waals surface area contributed by atoms with Gasteiger partial charge < -0.3 is 14.9 Å². The van der Waals surface area contributed by atoms with Crippen LogP contribution in [0.3, 0.4) is 0 Å². The molecule has 6 heteroatoms. The summed E-state index contributed by atoms with van der Waals surface area (Å²) in [5.41, 5.74) is 0. The Morgan fingerprint density at radius 2 is 2.33 bits per heavy atom. The summed E-state index contributed by atoms with van der Waals surface area (Å²) in [7, 11) is 1.40. The van der Waals surface area contributed by atoms with Crippen LogP contribution in [0.15, 0.2) is 16.6 Å². The van der Waals surface area contributed by atoms with E-state index in [4.69, 9.17) is 4.74 Å². The minimum absolute atomic E-state index is 0.212. The molecule has 0 N–H and O–H groups in total. The molecule has 1 aromatic rings. The molecular weight excluding hydrogens is 228 g/mol.